The number of anilines is 1. The number of hydrogen-bond acceptors (Lipinski definition) is 4. The minimum atomic E-state index is -2.66. The van der Waals surface area contributed by atoms with Gasteiger partial charge in [0, 0.05) is 41.6 Å². The van der Waals surface area contributed by atoms with Crippen molar-refractivity contribution in [2.24, 2.45) is 17.3 Å². The van der Waals surface area contributed by atoms with Gasteiger partial charge in [0.15, 0.2) is 0 Å². The summed E-state index contributed by atoms with van der Waals surface area (Å²) >= 11 is 6.67. The Morgan fingerprint density at radius 3 is 2.24 bits per heavy atom. The number of nitrogens with zero attached hydrogens (tertiary/aromatic N) is 2. The average molecular weight is 646 g/mol. The molecule has 0 saturated heterocycles. The fourth-order valence-corrected chi connectivity index (χ4v) is 13.1. The highest BCUT2D eigenvalue weighted by molar-refractivity contribution is 6.99. The van der Waals surface area contributed by atoms with Gasteiger partial charge in [-0.1, -0.05) is 100.0 Å². The number of aryl methyl sites for hydroxylation is 1. The Labute approximate surface area is 277 Å². The van der Waals surface area contributed by atoms with Crippen LogP contribution in [0.5, 0.6) is 0 Å². The molecule has 0 aliphatic heterocycles. The molecule has 2 aliphatic rings. The first kappa shape index (κ1) is 30.8. The molecule has 1 amide bonds. The van der Waals surface area contributed by atoms with Gasteiger partial charge < -0.3 is 9.74 Å². The van der Waals surface area contributed by atoms with Crippen molar-refractivity contribution in [2.75, 3.05) is 5.32 Å². The van der Waals surface area contributed by atoms with E-state index in [-0.39, 0.29) is 34.3 Å². The smallest absolute Gasteiger partial charge is 0.261 e. The van der Waals surface area contributed by atoms with E-state index in [1.54, 1.807) is 12.4 Å². The van der Waals surface area contributed by atoms with Crippen molar-refractivity contribution in [1.29, 1.82) is 0 Å². The number of nitrogens with one attached hydrogen (secondary N) is 1. The number of aromatic nitrogens is 2. The molecule has 0 spiro atoms. The molecule has 2 saturated carbocycles. The summed E-state index contributed by atoms with van der Waals surface area (Å²) in [6.45, 7) is 11.3. The molecule has 1 N–H and O–H groups in total. The summed E-state index contributed by atoms with van der Waals surface area (Å²) in [6, 6.07) is 29.5. The third-order valence-electron chi connectivity index (χ3n) is 10.5. The zero-order chi connectivity index (χ0) is 32.3. The van der Waals surface area contributed by atoms with Gasteiger partial charge in [-0.05, 0) is 87.3 Å². The van der Waals surface area contributed by atoms with Crippen LogP contribution in [0.15, 0.2) is 104 Å². The largest absolute Gasteiger partial charge is 0.404 e. The van der Waals surface area contributed by atoms with E-state index >= 15 is 0 Å². The van der Waals surface area contributed by atoms with Gasteiger partial charge >= 0.3 is 0 Å². The zero-order valence-corrected chi connectivity index (χ0v) is 28.8. The first-order valence-corrected chi connectivity index (χ1v) is 18.4. The SMILES string of the molecule is Cc1ccncc1-c1cc(Cl)c2cnc(NC(=O)C3C4CC(O[Si](c5ccccc5)(c5ccccc5)C(C)(C)C)CC43C)cc2c1. The number of carbonyl (C=O) groups is 1. The molecule has 234 valence electrons. The van der Waals surface area contributed by atoms with E-state index in [2.05, 4.69) is 117 Å². The normalized spacial score (nSPS) is 22.4. The Balaban J connectivity index is 1.10. The molecular formula is C39H40ClN3O2Si. The van der Waals surface area contributed by atoms with Crippen LogP contribution in [-0.2, 0) is 9.22 Å². The topological polar surface area (TPSA) is 64.1 Å². The number of fused-ring (bicyclic) bond motifs is 2. The molecule has 4 unspecified atom stereocenters. The Kier molecular flexibility index (Phi) is 7.66. The van der Waals surface area contributed by atoms with Crippen molar-refractivity contribution in [3.8, 4) is 11.1 Å². The van der Waals surface area contributed by atoms with Crippen LogP contribution in [-0.4, -0.2) is 30.3 Å². The maximum absolute atomic E-state index is 13.7. The second-order valence-electron chi connectivity index (χ2n) is 14.4. The lowest BCUT2D eigenvalue weighted by atomic mass is 10.00. The minimum absolute atomic E-state index is 0.0357. The van der Waals surface area contributed by atoms with Gasteiger partial charge in [-0.25, -0.2) is 4.98 Å². The van der Waals surface area contributed by atoms with Crippen molar-refractivity contribution in [3.63, 3.8) is 0 Å². The highest BCUT2D eigenvalue weighted by Gasteiger charge is 2.70. The number of hydrogen-bond donors (Lipinski definition) is 1. The van der Waals surface area contributed by atoms with Crippen molar-refractivity contribution in [3.05, 3.63) is 114 Å². The van der Waals surface area contributed by atoms with E-state index in [0.29, 0.717) is 10.8 Å². The van der Waals surface area contributed by atoms with Crippen LogP contribution in [0.2, 0.25) is 10.1 Å². The highest BCUT2D eigenvalue weighted by Crippen LogP contribution is 2.69. The van der Waals surface area contributed by atoms with E-state index in [0.717, 1.165) is 40.3 Å². The summed E-state index contributed by atoms with van der Waals surface area (Å²) in [5, 5.41) is 8.04. The molecule has 5 aromatic rings. The van der Waals surface area contributed by atoms with E-state index in [1.807, 2.05) is 24.4 Å². The average Bonchev–Trinajstić information content (AvgIpc) is 3.46. The van der Waals surface area contributed by atoms with Crippen LogP contribution < -0.4 is 15.7 Å². The van der Waals surface area contributed by atoms with Crippen LogP contribution >= 0.6 is 11.6 Å². The van der Waals surface area contributed by atoms with Gasteiger partial charge in [0.25, 0.3) is 8.32 Å². The number of pyridine rings is 2. The van der Waals surface area contributed by atoms with Crippen LogP contribution in [0, 0.1) is 24.2 Å². The molecule has 5 nitrogen and oxygen atoms in total. The third kappa shape index (κ3) is 5.17. The van der Waals surface area contributed by atoms with Gasteiger partial charge in [-0.3, -0.25) is 9.78 Å². The molecule has 2 aromatic heterocycles. The van der Waals surface area contributed by atoms with Gasteiger partial charge in [0.2, 0.25) is 5.91 Å². The maximum Gasteiger partial charge on any atom is 0.261 e. The molecule has 46 heavy (non-hydrogen) atoms. The molecular weight excluding hydrogens is 606 g/mol. The fourth-order valence-electron chi connectivity index (χ4n) is 8.12. The summed E-state index contributed by atoms with van der Waals surface area (Å²) in [6.07, 6.45) is 7.24. The molecule has 4 atom stereocenters. The lowest BCUT2D eigenvalue weighted by Gasteiger charge is -2.45. The molecule has 2 fully saturated rings. The van der Waals surface area contributed by atoms with Gasteiger partial charge in [0.05, 0.1) is 5.02 Å². The molecule has 3 aromatic carbocycles. The van der Waals surface area contributed by atoms with E-state index in [9.17, 15) is 4.79 Å². The Hall–Kier alpha value is -3.84. The maximum atomic E-state index is 13.7. The molecule has 7 heteroatoms. The lowest BCUT2D eigenvalue weighted by Crippen LogP contribution is -2.67. The van der Waals surface area contributed by atoms with Crippen molar-refractivity contribution < 1.29 is 9.22 Å². The van der Waals surface area contributed by atoms with Crippen LogP contribution in [0.3, 0.4) is 0 Å². The third-order valence-corrected chi connectivity index (χ3v) is 15.9. The van der Waals surface area contributed by atoms with Crippen molar-refractivity contribution in [2.45, 2.75) is 58.6 Å². The summed E-state index contributed by atoms with van der Waals surface area (Å²) in [5.41, 5.74) is 3.05. The standard InChI is InChI=1S/C39H40ClN3O2Si/c1-25-16-17-41-23-31(25)26-18-27-20-35(42-24-32(27)34(40)19-26)43-37(44)36-33-21-28(22-39(33,36)5)45-46(38(2,3)4,29-12-8-6-9-13-29)30-14-10-7-11-15-30/h6-20,23-24,28,33,36H,21-22H2,1-5H3,(H,42,43,44). The molecule has 2 heterocycles. The van der Waals surface area contributed by atoms with E-state index < -0.39 is 8.32 Å². The zero-order valence-electron chi connectivity index (χ0n) is 27.1. The predicted octanol–water partition coefficient (Wildman–Crippen LogP) is 8.19. The van der Waals surface area contributed by atoms with Crippen molar-refractivity contribution >= 4 is 52.8 Å². The van der Waals surface area contributed by atoms with Gasteiger partial charge in [0.1, 0.15) is 5.82 Å². The minimum Gasteiger partial charge on any atom is -0.404 e. The summed E-state index contributed by atoms with van der Waals surface area (Å²) in [5.74, 6) is 0.804. The first-order chi connectivity index (χ1) is 22.0. The summed E-state index contributed by atoms with van der Waals surface area (Å²) < 4.78 is 7.44. The van der Waals surface area contributed by atoms with Crippen molar-refractivity contribution in [1.82, 2.24) is 9.97 Å². The van der Waals surface area contributed by atoms with Gasteiger partial charge in [-0.15, -0.1) is 0 Å². The van der Waals surface area contributed by atoms with E-state index in [1.165, 1.54) is 10.4 Å². The Bertz CT molecular complexity index is 1890. The van der Waals surface area contributed by atoms with Crippen LogP contribution in [0.4, 0.5) is 5.82 Å². The number of amides is 1. The first-order valence-electron chi connectivity index (χ1n) is 16.1. The van der Waals surface area contributed by atoms with Crippen LogP contribution in [0.1, 0.15) is 46.1 Å². The second-order valence-corrected chi connectivity index (χ2v) is 19.0. The number of carbonyl (C=O) groups excluding carboxylic acids is 1. The lowest BCUT2D eigenvalue weighted by molar-refractivity contribution is -0.118. The Morgan fingerprint density at radius 2 is 1.65 bits per heavy atom. The Morgan fingerprint density at radius 1 is 0.978 bits per heavy atom. The number of halogens is 1. The number of rotatable bonds is 7. The fraction of sp³-hybridized carbons (Fsp3) is 0.308. The monoisotopic (exact) mass is 645 g/mol. The highest BCUT2D eigenvalue weighted by atomic mass is 35.5. The molecule has 7 rings (SSSR count). The van der Waals surface area contributed by atoms with E-state index in [4.69, 9.17) is 16.0 Å². The quantitative estimate of drug-likeness (QED) is 0.181. The van der Waals surface area contributed by atoms with Crippen LogP contribution in [0.25, 0.3) is 21.9 Å². The second kappa shape index (κ2) is 11.4. The summed E-state index contributed by atoms with van der Waals surface area (Å²) in [7, 11) is -2.66. The number of benzene rings is 3. The molecule has 0 bridgehead atoms. The predicted molar refractivity (Wildman–Crippen MR) is 190 cm³/mol. The molecule has 0 radical (unpaired) electrons. The summed E-state index contributed by atoms with van der Waals surface area (Å²) in [4.78, 5) is 22.6. The van der Waals surface area contributed by atoms with Gasteiger partial charge in [-0.2, -0.15) is 0 Å². The molecule has 2 aliphatic carbocycles.